The molecule has 0 aliphatic heterocycles. The van der Waals surface area contributed by atoms with Gasteiger partial charge in [0.05, 0.1) is 18.8 Å². The molecule has 0 aliphatic carbocycles. The lowest BCUT2D eigenvalue weighted by molar-refractivity contribution is 0.00803. The molecule has 0 aromatic heterocycles. The topological polar surface area (TPSA) is 115 Å². The molecule has 250 valence electrons. The first-order valence-electron chi connectivity index (χ1n) is 16.8. The SMILES string of the molecule is CCCC(CC)CCOCC(O)COc1c2ccccc2c(OCC(O)COCCC(CC)CCC)c2cc(C(=O)O)ccc12. The molecule has 0 saturated heterocycles. The summed E-state index contributed by atoms with van der Waals surface area (Å²) in [5.41, 5.74) is 0.108. The van der Waals surface area contributed by atoms with E-state index in [0.29, 0.717) is 52.7 Å². The zero-order valence-electron chi connectivity index (χ0n) is 27.6. The third kappa shape index (κ3) is 11.1. The summed E-state index contributed by atoms with van der Waals surface area (Å²) in [4.78, 5) is 11.9. The lowest BCUT2D eigenvalue weighted by atomic mass is 9.98. The van der Waals surface area contributed by atoms with E-state index in [4.69, 9.17) is 18.9 Å². The molecule has 3 rings (SSSR count). The Labute approximate surface area is 268 Å². The van der Waals surface area contributed by atoms with Crippen molar-refractivity contribution in [1.82, 2.24) is 0 Å². The highest BCUT2D eigenvalue weighted by molar-refractivity contribution is 6.12. The van der Waals surface area contributed by atoms with E-state index < -0.39 is 18.2 Å². The number of ether oxygens (including phenoxy) is 4. The van der Waals surface area contributed by atoms with Gasteiger partial charge in [-0.2, -0.15) is 0 Å². The minimum atomic E-state index is -1.06. The molecule has 0 fully saturated rings. The van der Waals surface area contributed by atoms with Crippen LogP contribution >= 0.6 is 0 Å². The lowest BCUT2D eigenvalue weighted by Crippen LogP contribution is -2.24. The van der Waals surface area contributed by atoms with Crippen LogP contribution in [0.3, 0.4) is 0 Å². The zero-order valence-corrected chi connectivity index (χ0v) is 27.6. The van der Waals surface area contributed by atoms with Gasteiger partial charge in [0.1, 0.15) is 36.9 Å². The molecule has 4 atom stereocenters. The average molecular weight is 627 g/mol. The van der Waals surface area contributed by atoms with Crippen molar-refractivity contribution in [3.8, 4) is 11.5 Å². The Morgan fingerprint density at radius 2 is 1.11 bits per heavy atom. The summed E-state index contributed by atoms with van der Waals surface area (Å²) in [5.74, 6) is 1.19. The van der Waals surface area contributed by atoms with E-state index in [-0.39, 0.29) is 32.0 Å². The summed E-state index contributed by atoms with van der Waals surface area (Å²) in [6.07, 6.45) is 7.16. The highest BCUT2D eigenvalue weighted by atomic mass is 16.5. The number of hydrogen-bond donors (Lipinski definition) is 3. The Morgan fingerprint density at radius 3 is 1.56 bits per heavy atom. The van der Waals surface area contributed by atoms with Crippen molar-refractivity contribution in [3.05, 3.63) is 48.0 Å². The number of aromatic carboxylic acids is 1. The summed E-state index contributed by atoms with van der Waals surface area (Å²) < 4.78 is 24.0. The smallest absolute Gasteiger partial charge is 0.335 e. The fourth-order valence-electron chi connectivity index (χ4n) is 5.86. The quantitative estimate of drug-likeness (QED) is 0.0727. The van der Waals surface area contributed by atoms with Crippen molar-refractivity contribution in [2.75, 3.05) is 39.6 Å². The molecular weight excluding hydrogens is 572 g/mol. The maximum absolute atomic E-state index is 11.9. The van der Waals surface area contributed by atoms with E-state index in [1.165, 1.54) is 18.9 Å². The molecule has 0 bridgehead atoms. The molecule has 8 heteroatoms. The van der Waals surface area contributed by atoms with Gasteiger partial charge in [-0.3, -0.25) is 0 Å². The van der Waals surface area contributed by atoms with Gasteiger partial charge in [-0.05, 0) is 42.9 Å². The van der Waals surface area contributed by atoms with E-state index in [1.807, 2.05) is 24.3 Å². The second kappa shape index (κ2) is 19.6. The first kappa shape index (κ1) is 36.6. The largest absolute Gasteiger partial charge is 0.489 e. The van der Waals surface area contributed by atoms with E-state index in [9.17, 15) is 20.1 Å². The highest BCUT2D eigenvalue weighted by Crippen LogP contribution is 2.43. The predicted octanol–water partition coefficient (Wildman–Crippen LogP) is 7.64. The maximum Gasteiger partial charge on any atom is 0.335 e. The second-order valence-corrected chi connectivity index (χ2v) is 12.1. The molecule has 0 radical (unpaired) electrons. The van der Waals surface area contributed by atoms with E-state index in [0.717, 1.165) is 43.9 Å². The molecule has 4 unspecified atom stereocenters. The van der Waals surface area contributed by atoms with Crippen LogP contribution in [0, 0.1) is 11.8 Å². The van der Waals surface area contributed by atoms with Crippen LogP contribution in [-0.2, 0) is 9.47 Å². The Kier molecular flexibility index (Phi) is 15.9. The van der Waals surface area contributed by atoms with Crippen LogP contribution in [-0.4, -0.2) is 73.1 Å². The summed E-state index contributed by atoms with van der Waals surface area (Å²) in [7, 11) is 0. The molecule has 0 heterocycles. The van der Waals surface area contributed by atoms with Crippen molar-refractivity contribution in [2.24, 2.45) is 11.8 Å². The van der Waals surface area contributed by atoms with Gasteiger partial charge in [-0.1, -0.05) is 90.5 Å². The third-order valence-corrected chi connectivity index (χ3v) is 8.52. The fourth-order valence-corrected chi connectivity index (χ4v) is 5.86. The van der Waals surface area contributed by atoms with Crippen LogP contribution in [0.1, 0.15) is 89.4 Å². The van der Waals surface area contributed by atoms with E-state index in [2.05, 4.69) is 27.7 Å². The van der Waals surface area contributed by atoms with Crippen LogP contribution < -0.4 is 9.47 Å². The first-order chi connectivity index (χ1) is 21.8. The summed E-state index contributed by atoms with van der Waals surface area (Å²) >= 11 is 0. The van der Waals surface area contributed by atoms with Gasteiger partial charge in [0, 0.05) is 34.8 Å². The van der Waals surface area contributed by atoms with Crippen LogP contribution in [0.25, 0.3) is 21.5 Å². The zero-order chi connectivity index (χ0) is 32.6. The minimum Gasteiger partial charge on any atom is -0.489 e. The summed E-state index contributed by atoms with van der Waals surface area (Å²) in [6, 6.07) is 12.3. The summed E-state index contributed by atoms with van der Waals surface area (Å²) in [6.45, 7) is 10.3. The van der Waals surface area contributed by atoms with Crippen LogP contribution in [0.4, 0.5) is 0 Å². The monoisotopic (exact) mass is 626 g/mol. The number of carboxylic acid groups (broad SMARTS) is 1. The molecule has 0 amide bonds. The number of hydrogen-bond acceptors (Lipinski definition) is 7. The molecule has 3 aromatic rings. The molecule has 45 heavy (non-hydrogen) atoms. The van der Waals surface area contributed by atoms with Crippen molar-refractivity contribution in [3.63, 3.8) is 0 Å². The van der Waals surface area contributed by atoms with Crippen molar-refractivity contribution < 1.29 is 39.1 Å². The number of carboxylic acids is 1. The summed E-state index contributed by atoms with van der Waals surface area (Å²) in [5, 5.41) is 33.7. The number of carbonyl (C=O) groups is 1. The molecular formula is C37H54O8. The third-order valence-electron chi connectivity index (χ3n) is 8.52. The molecule has 8 nitrogen and oxygen atoms in total. The van der Waals surface area contributed by atoms with Crippen LogP contribution in [0.5, 0.6) is 11.5 Å². The number of benzene rings is 3. The molecule has 3 N–H and O–H groups in total. The van der Waals surface area contributed by atoms with Gasteiger partial charge in [-0.25, -0.2) is 4.79 Å². The van der Waals surface area contributed by atoms with Crippen LogP contribution in [0.2, 0.25) is 0 Å². The Bertz CT molecular complexity index is 1310. The molecule has 0 aliphatic rings. The van der Waals surface area contributed by atoms with Gasteiger partial charge < -0.3 is 34.3 Å². The standard InChI is InChI=1S/C37H54O8/c1-5-11-26(7-3)17-19-42-22-29(38)24-44-35-31-13-9-10-14-32(31)36(34-21-28(37(40)41)15-16-33(34)35)45-25-30(39)23-43-20-18-27(8-4)12-6-2/h9-10,13-16,21,26-27,29-30,38-39H,5-8,11-12,17-20,22-25H2,1-4H3,(H,40,41). The first-order valence-corrected chi connectivity index (χ1v) is 16.8. The number of aliphatic hydroxyl groups is 2. The lowest BCUT2D eigenvalue weighted by Gasteiger charge is -2.21. The number of rotatable bonds is 23. The molecule has 0 spiro atoms. The Morgan fingerprint density at radius 1 is 0.644 bits per heavy atom. The Balaban J connectivity index is 1.75. The normalized spacial score (nSPS) is 14.4. The van der Waals surface area contributed by atoms with E-state index >= 15 is 0 Å². The Hall–Kier alpha value is -2.91. The van der Waals surface area contributed by atoms with Gasteiger partial charge in [0.2, 0.25) is 0 Å². The fraction of sp³-hybridized carbons (Fsp3) is 0.595. The average Bonchev–Trinajstić information content (AvgIpc) is 3.05. The van der Waals surface area contributed by atoms with Gasteiger partial charge in [-0.15, -0.1) is 0 Å². The van der Waals surface area contributed by atoms with Gasteiger partial charge >= 0.3 is 5.97 Å². The molecule has 0 saturated carbocycles. The second-order valence-electron chi connectivity index (χ2n) is 12.1. The van der Waals surface area contributed by atoms with E-state index in [1.54, 1.807) is 12.1 Å². The van der Waals surface area contributed by atoms with Crippen molar-refractivity contribution in [1.29, 1.82) is 0 Å². The minimum absolute atomic E-state index is 0.0132. The molecule has 3 aromatic carbocycles. The van der Waals surface area contributed by atoms with Gasteiger partial charge in [0.15, 0.2) is 0 Å². The highest BCUT2D eigenvalue weighted by Gasteiger charge is 2.20. The number of fused-ring (bicyclic) bond motifs is 2. The predicted molar refractivity (Wildman–Crippen MR) is 180 cm³/mol. The van der Waals surface area contributed by atoms with Crippen molar-refractivity contribution in [2.45, 2.75) is 91.3 Å². The maximum atomic E-state index is 11.9. The number of aliphatic hydroxyl groups excluding tert-OH is 2. The van der Waals surface area contributed by atoms with Crippen LogP contribution in [0.15, 0.2) is 42.5 Å². The van der Waals surface area contributed by atoms with Gasteiger partial charge in [0.25, 0.3) is 0 Å². The van der Waals surface area contributed by atoms with Crippen molar-refractivity contribution >= 4 is 27.5 Å².